The highest BCUT2D eigenvalue weighted by Crippen LogP contribution is 2.48. The van der Waals surface area contributed by atoms with Gasteiger partial charge in [0.15, 0.2) is 17.5 Å². The average molecular weight is 831 g/mol. The summed E-state index contributed by atoms with van der Waals surface area (Å²) in [5.41, 5.74) is 3.07. The first-order chi connectivity index (χ1) is 28.2. The van der Waals surface area contributed by atoms with Crippen molar-refractivity contribution < 1.29 is 26.3 Å². The van der Waals surface area contributed by atoms with Gasteiger partial charge < -0.3 is 9.13 Å². The summed E-state index contributed by atoms with van der Waals surface area (Å²) in [5, 5.41) is 3.03. The Labute approximate surface area is 353 Å². The molecule has 61 heavy (non-hydrogen) atoms. The number of benzene rings is 6. The summed E-state index contributed by atoms with van der Waals surface area (Å²) in [5.74, 6) is -4.59. The van der Waals surface area contributed by atoms with Gasteiger partial charge in [-0.2, -0.15) is 13.2 Å². The van der Waals surface area contributed by atoms with Crippen LogP contribution in [0.5, 0.6) is 0 Å². The number of alkyl halides is 3. The monoisotopic (exact) mass is 830 g/mol. The van der Waals surface area contributed by atoms with Gasteiger partial charge in [0.05, 0.1) is 33.4 Å². The van der Waals surface area contributed by atoms with Crippen molar-refractivity contribution >= 4 is 43.6 Å². The molecular formula is C53H52F6N2. The summed E-state index contributed by atoms with van der Waals surface area (Å²) < 4.78 is 98.3. The maximum Gasteiger partial charge on any atom is 0.420 e. The van der Waals surface area contributed by atoms with Gasteiger partial charge in [-0.15, -0.1) is 0 Å². The van der Waals surface area contributed by atoms with Crippen molar-refractivity contribution in [2.75, 3.05) is 0 Å². The van der Waals surface area contributed by atoms with E-state index in [-0.39, 0.29) is 44.2 Å². The van der Waals surface area contributed by atoms with Gasteiger partial charge in [-0.25, -0.2) is 13.2 Å². The Bertz CT molecular complexity index is 2760. The molecule has 0 aliphatic heterocycles. The fourth-order valence-corrected chi connectivity index (χ4v) is 8.59. The predicted octanol–water partition coefficient (Wildman–Crippen LogP) is 16.2. The van der Waals surface area contributed by atoms with Crippen LogP contribution in [-0.4, -0.2) is 9.13 Å². The molecule has 0 aliphatic carbocycles. The number of aromatic nitrogens is 2. The van der Waals surface area contributed by atoms with E-state index >= 15 is 22.0 Å². The molecule has 0 spiro atoms. The topological polar surface area (TPSA) is 9.86 Å². The van der Waals surface area contributed by atoms with Crippen molar-refractivity contribution in [2.45, 2.75) is 111 Å². The second-order valence-electron chi connectivity index (χ2n) is 20.7. The van der Waals surface area contributed by atoms with Crippen LogP contribution in [-0.2, 0) is 27.8 Å². The van der Waals surface area contributed by atoms with Crippen LogP contribution < -0.4 is 0 Å². The number of nitrogens with zero attached hydrogens (tertiary/aromatic N) is 2. The predicted molar refractivity (Wildman–Crippen MR) is 240 cm³/mol. The first-order valence-electron chi connectivity index (χ1n) is 20.7. The smallest absolute Gasteiger partial charge is 0.309 e. The van der Waals surface area contributed by atoms with Crippen molar-refractivity contribution in [3.63, 3.8) is 0 Å². The van der Waals surface area contributed by atoms with Crippen LogP contribution >= 0.6 is 0 Å². The number of halogens is 6. The van der Waals surface area contributed by atoms with E-state index in [0.29, 0.717) is 22.1 Å². The molecule has 2 nitrogen and oxygen atoms in total. The average Bonchev–Trinajstić information content (AvgIpc) is 3.66. The molecule has 0 fully saturated rings. The number of fused-ring (bicyclic) bond motifs is 6. The minimum Gasteiger partial charge on any atom is -0.309 e. The van der Waals surface area contributed by atoms with Gasteiger partial charge in [0.2, 0.25) is 0 Å². The first kappa shape index (κ1) is 42.2. The highest BCUT2D eigenvalue weighted by atomic mass is 19.4. The van der Waals surface area contributed by atoms with Crippen molar-refractivity contribution in [2.24, 2.45) is 0 Å². The van der Waals surface area contributed by atoms with Crippen molar-refractivity contribution in [3.05, 3.63) is 142 Å². The van der Waals surface area contributed by atoms with E-state index < -0.39 is 29.2 Å². The first-order valence-corrected chi connectivity index (χ1v) is 20.7. The van der Waals surface area contributed by atoms with Crippen LogP contribution in [0.25, 0.3) is 66.1 Å². The normalized spacial score (nSPS) is 13.4. The Kier molecular flexibility index (Phi) is 9.51. The summed E-state index contributed by atoms with van der Waals surface area (Å²) in [6.07, 6.45) is -4.96. The van der Waals surface area contributed by atoms with Gasteiger partial charge in [0.1, 0.15) is 5.56 Å². The number of hydrogen-bond donors (Lipinski definition) is 0. The molecule has 8 aromatic rings. The zero-order chi connectivity index (χ0) is 44.5. The van der Waals surface area contributed by atoms with Crippen LogP contribution in [0, 0.1) is 17.5 Å². The summed E-state index contributed by atoms with van der Waals surface area (Å²) in [6.45, 7) is 25.0. The van der Waals surface area contributed by atoms with E-state index in [1.54, 1.807) is 9.13 Å². The van der Waals surface area contributed by atoms with Gasteiger partial charge in [-0.05, 0) is 122 Å². The lowest BCUT2D eigenvalue weighted by Gasteiger charge is -2.24. The lowest BCUT2D eigenvalue weighted by Crippen LogP contribution is -2.16. The van der Waals surface area contributed by atoms with Crippen LogP contribution in [0.3, 0.4) is 0 Å². The molecule has 2 aromatic heterocycles. The molecule has 0 saturated heterocycles. The fourth-order valence-electron chi connectivity index (χ4n) is 8.59. The second kappa shape index (κ2) is 13.8. The molecule has 0 atom stereocenters. The zero-order valence-corrected chi connectivity index (χ0v) is 36.9. The van der Waals surface area contributed by atoms with E-state index in [4.69, 9.17) is 0 Å². The molecule has 0 saturated carbocycles. The summed E-state index contributed by atoms with van der Waals surface area (Å²) >= 11 is 0. The molecule has 8 heteroatoms. The standard InChI is InChI=1S/C53H52F6N2/c1-49(2,3)30-13-19-40-35(25-30)36-26-31(50(4,5)6)14-20-41(36)60(40)44-23-29(34-17-18-39(54)48(56)47(34)55)24-45(46(44)53(57,58)59)61-42-21-15-32(51(7,8)9)27-37(42)38-28-33(52(10,11)12)16-22-43(38)61/h13-28H,1-12H3. The molecule has 2 heterocycles. The van der Waals surface area contributed by atoms with E-state index in [9.17, 15) is 4.39 Å². The fraction of sp³-hybridized carbons (Fsp3) is 0.321. The molecule has 8 rings (SSSR count). The van der Waals surface area contributed by atoms with E-state index in [1.807, 2.05) is 72.8 Å². The Morgan fingerprint density at radius 1 is 0.377 bits per heavy atom. The van der Waals surface area contributed by atoms with Crippen LogP contribution in [0.4, 0.5) is 26.3 Å². The maximum absolute atomic E-state index is 16.5. The molecule has 6 aromatic carbocycles. The summed E-state index contributed by atoms with van der Waals surface area (Å²) in [4.78, 5) is 0. The van der Waals surface area contributed by atoms with Gasteiger partial charge in [-0.3, -0.25) is 0 Å². The third-order valence-corrected chi connectivity index (χ3v) is 12.2. The molecule has 0 N–H and O–H groups in total. The van der Waals surface area contributed by atoms with Gasteiger partial charge in [0, 0.05) is 27.1 Å². The van der Waals surface area contributed by atoms with Gasteiger partial charge in [-0.1, -0.05) is 107 Å². The lowest BCUT2D eigenvalue weighted by atomic mass is 9.85. The third kappa shape index (κ3) is 7.10. The van der Waals surface area contributed by atoms with Crippen LogP contribution in [0.2, 0.25) is 0 Å². The number of hydrogen-bond acceptors (Lipinski definition) is 0. The minimum absolute atomic E-state index is 0.0466. The zero-order valence-electron chi connectivity index (χ0n) is 36.9. The van der Waals surface area contributed by atoms with Gasteiger partial charge in [0.25, 0.3) is 0 Å². The summed E-state index contributed by atoms with van der Waals surface area (Å²) in [6, 6.07) is 27.7. The van der Waals surface area contributed by atoms with E-state index in [0.717, 1.165) is 55.9 Å². The molecule has 0 amide bonds. The summed E-state index contributed by atoms with van der Waals surface area (Å²) in [7, 11) is 0. The molecule has 316 valence electrons. The molecule has 0 radical (unpaired) electrons. The number of rotatable bonds is 3. The quantitative estimate of drug-likeness (QED) is 0.124. The third-order valence-electron chi connectivity index (χ3n) is 12.2. The molecular weight excluding hydrogens is 779 g/mol. The van der Waals surface area contributed by atoms with E-state index in [1.165, 1.54) is 12.1 Å². The van der Waals surface area contributed by atoms with Gasteiger partial charge >= 0.3 is 6.18 Å². The SMILES string of the molecule is CC(C)(C)c1ccc2c(c1)c1cc(C(C)(C)C)ccc1n2-c1cc(-c2ccc(F)c(F)c2F)cc(-n2c3ccc(C(C)(C)C)cc3c3cc(C(C)(C)C)ccc32)c1C(F)(F)F. The lowest BCUT2D eigenvalue weighted by molar-refractivity contribution is -0.137. The van der Waals surface area contributed by atoms with Crippen molar-refractivity contribution in [3.8, 4) is 22.5 Å². The Morgan fingerprint density at radius 2 is 0.689 bits per heavy atom. The van der Waals surface area contributed by atoms with E-state index in [2.05, 4.69) is 83.1 Å². The molecule has 0 bridgehead atoms. The van der Waals surface area contributed by atoms with Crippen molar-refractivity contribution in [1.82, 2.24) is 9.13 Å². The highest BCUT2D eigenvalue weighted by molar-refractivity contribution is 6.12. The second-order valence-corrected chi connectivity index (χ2v) is 20.7. The Hall–Kier alpha value is -5.50. The largest absolute Gasteiger partial charge is 0.420 e. The maximum atomic E-state index is 16.5. The Morgan fingerprint density at radius 3 is 0.967 bits per heavy atom. The van der Waals surface area contributed by atoms with Crippen molar-refractivity contribution in [1.29, 1.82) is 0 Å². The van der Waals surface area contributed by atoms with Crippen LogP contribution in [0.1, 0.15) is 111 Å². The molecule has 0 aliphatic rings. The highest BCUT2D eigenvalue weighted by Gasteiger charge is 2.40. The molecule has 0 unspecified atom stereocenters. The Balaban J connectivity index is 1.61. The minimum atomic E-state index is -4.96. The van der Waals surface area contributed by atoms with Crippen LogP contribution in [0.15, 0.2) is 97.1 Å².